The summed E-state index contributed by atoms with van der Waals surface area (Å²) in [4.78, 5) is 4.44. The van der Waals surface area contributed by atoms with E-state index in [1.165, 1.54) is 12.1 Å². The summed E-state index contributed by atoms with van der Waals surface area (Å²) in [6.07, 6.45) is 3.41. The summed E-state index contributed by atoms with van der Waals surface area (Å²) in [5, 5.41) is 0. The van der Waals surface area contributed by atoms with Gasteiger partial charge in [-0.25, -0.2) is 9.37 Å². The van der Waals surface area contributed by atoms with Crippen molar-refractivity contribution in [3.05, 3.63) is 29.8 Å². The Labute approximate surface area is 116 Å². The van der Waals surface area contributed by atoms with Gasteiger partial charge in [0.05, 0.1) is 29.1 Å². The van der Waals surface area contributed by atoms with Crippen molar-refractivity contribution in [2.45, 2.75) is 37.3 Å². The number of hydrogen-bond donors (Lipinski definition) is 0. The first-order valence-electron chi connectivity index (χ1n) is 6.49. The molecular formula is C14H16ClFN2O. The second-order valence-electron chi connectivity index (χ2n) is 4.94. The zero-order valence-corrected chi connectivity index (χ0v) is 11.5. The first-order chi connectivity index (χ1) is 9.24. The molecule has 3 nitrogen and oxygen atoms in total. The second-order valence-corrected chi connectivity index (χ2v) is 5.20. The van der Waals surface area contributed by atoms with E-state index < -0.39 is 0 Å². The number of ether oxygens (including phenoxy) is 1. The van der Waals surface area contributed by atoms with Crippen LogP contribution in [0.2, 0.25) is 0 Å². The molecular weight excluding hydrogens is 267 g/mol. The van der Waals surface area contributed by atoms with Crippen molar-refractivity contribution in [3.8, 4) is 0 Å². The smallest absolute Gasteiger partial charge is 0.125 e. The highest BCUT2D eigenvalue weighted by molar-refractivity contribution is 6.16. The summed E-state index contributed by atoms with van der Waals surface area (Å²) in [6.45, 7) is 0. The summed E-state index contributed by atoms with van der Waals surface area (Å²) in [5.41, 5.74) is 1.60. The van der Waals surface area contributed by atoms with Crippen molar-refractivity contribution >= 4 is 22.6 Å². The number of fused-ring (bicyclic) bond motifs is 1. The molecule has 1 aromatic heterocycles. The molecule has 1 heterocycles. The lowest BCUT2D eigenvalue weighted by molar-refractivity contribution is 0.0755. The molecule has 1 aromatic carbocycles. The highest BCUT2D eigenvalue weighted by Gasteiger charge is 2.31. The van der Waals surface area contributed by atoms with E-state index in [2.05, 4.69) is 9.55 Å². The van der Waals surface area contributed by atoms with Gasteiger partial charge in [-0.3, -0.25) is 0 Å². The number of rotatable bonds is 3. The van der Waals surface area contributed by atoms with Crippen LogP contribution in [0.4, 0.5) is 4.39 Å². The summed E-state index contributed by atoms with van der Waals surface area (Å²) >= 11 is 5.99. The highest BCUT2D eigenvalue weighted by Crippen LogP contribution is 2.36. The first-order valence-corrected chi connectivity index (χ1v) is 7.03. The van der Waals surface area contributed by atoms with Crippen LogP contribution in [-0.4, -0.2) is 22.8 Å². The lowest BCUT2D eigenvalue weighted by Crippen LogP contribution is -2.22. The molecule has 0 N–H and O–H groups in total. The molecule has 0 aliphatic heterocycles. The van der Waals surface area contributed by atoms with Crippen LogP contribution in [0.3, 0.4) is 0 Å². The Bertz CT molecular complexity index is 598. The fourth-order valence-electron chi connectivity index (χ4n) is 3.06. The van der Waals surface area contributed by atoms with E-state index >= 15 is 0 Å². The van der Waals surface area contributed by atoms with E-state index in [9.17, 15) is 4.39 Å². The minimum Gasteiger partial charge on any atom is -0.379 e. The lowest BCUT2D eigenvalue weighted by atomic mass is 10.2. The molecule has 5 heteroatoms. The summed E-state index contributed by atoms with van der Waals surface area (Å²) in [6, 6.07) is 4.95. The van der Waals surface area contributed by atoms with Gasteiger partial charge in [0.1, 0.15) is 11.6 Å². The average molecular weight is 283 g/mol. The summed E-state index contributed by atoms with van der Waals surface area (Å²) in [7, 11) is 1.74. The SMILES string of the molecule is COC1CCCC1n1c(CCl)nc2cc(F)ccc21. The Kier molecular flexibility index (Phi) is 3.46. The van der Waals surface area contributed by atoms with Gasteiger partial charge in [-0.05, 0) is 31.4 Å². The standard InChI is InChI=1S/C14H16ClFN2O/c1-19-13-4-2-3-12(13)18-11-6-5-9(16)7-10(11)17-14(18)8-15/h5-7,12-13H,2-4,8H2,1H3. The number of hydrogen-bond acceptors (Lipinski definition) is 2. The zero-order chi connectivity index (χ0) is 13.4. The molecule has 2 aromatic rings. The third-order valence-electron chi connectivity index (χ3n) is 3.90. The number of methoxy groups -OCH3 is 1. The van der Waals surface area contributed by atoms with Crippen LogP contribution >= 0.6 is 11.6 Å². The van der Waals surface area contributed by atoms with Gasteiger partial charge < -0.3 is 9.30 Å². The molecule has 0 radical (unpaired) electrons. The normalized spacial score (nSPS) is 23.3. The topological polar surface area (TPSA) is 27.1 Å². The molecule has 0 saturated heterocycles. The van der Waals surface area contributed by atoms with Crippen LogP contribution in [0.25, 0.3) is 11.0 Å². The third-order valence-corrected chi connectivity index (χ3v) is 4.14. The number of alkyl halides is 1. The maximum Gasteiger partial charge on any atom is 0.125 e. The fraction of sp³-hybridized carbons (Fsp3) is 0.500. The Morgan fingerprint density at radius 2 is 2.32 bits per heavy atom. The predicted octanol–water partition coefficient (Wildman–Crippen LogP) is 3.65. The molecule has 2 atom stereocenters. The van der Waals surface area contributed by atoms with E-state index in [-0.39, 0.29) is 18.0 Å². The number of halogens is 2. The molecule has 1 saturated carbocycles. The molecule has 1 aliphatic rings. The van der Waals surface area contributed by atoms with Gasteiger partial charge in [0, 0.05) is 13.2 Å². The van der Waals surface area contributed by atoms with Crippen LogP contribution in [0.5, 0.6) is 0 Å². The van der Waals surface area contributed by atoms with Crippen LogP contribution in [0.1, 0.15) is 31.1 Å². The van der Waals surface area contributed by atoms with Crippen LogP contribution in [-0.2, 0) is 10.6 Å². The van der Waals surface area contributed by atoms with E-state index in [1.807, 2.05) is 0 Å². The van der Waals surface area contributed by atoms with Crippen molar-refractivity contribution in [3.63, 3.8) is 0 Å². The van der Waals surface area contributed by atoms with E-state index in [0.29, 0.717) is 11.4 Å². The summed E-state index contributed by atoms with van der Waals surface area (Å²) < 4.78 is 21.0. The fourth-order valence-corrected chi connectivity index (χ4v) is 3.25. The van der Waals surface area contributed by atoms with Gasteiger partial charge in [0.2, 0.25) is 0 Å². The van der Waals surface area contributed by atoms with Crippen molar-refractivity contribution in [2.24, 2.45) is 0 Å². The third kappa shape index (κ3) is 2.13. The van der Waals surface area contributed by atoms with Crippen molar-refractivity contribution < 1.29 is 9.13 Å². The van der Waals surface area contributed by atoms with Gasteiger partial charge >= 0.3 is 0 Å². The quantitative estimate of drug-likeness (QED) is 0.804. The molecule has 3 rings (SSSR count). The van der Waals surface area contributed by atoms with Gasteiger partial charge in [-0.2, -0.15) is 0 Å². The first kappa shape index (κ1) is 12.9. The van der Waals surface area contributed by atoms with E-state index in [4.69, 9.17) is 16.3 Å². The molecule has 0 bridgehead atoms. The minimum absolute atomic E-state index is 0.185. The minimum atomic E-state index is -0.270. The van der Waals surface area contributed by atoms with Crippen molar-refractivity contribution in [1.82, 2.24) is 9.55 Å². The van der Waals surface area contributed by atoms with Gasteiger partial charge in [0.15, 0.2) is 0 Å². The molecule has 1 aliphatic carbocycles. The molecule has 102 valence electrons. The summed E-state index contributed by atoms with van der Waals surface area (Å²) in [5.74, 6) is 0.840. The second kappa shape index (κ2) is 5.10. The van der Waals surface area contributed by atoms with Gasteiger partial charge in [-0.15, -0.1) is 11.6 Å². The van der Waals surface area contributed by atoms with Crippen molar-refractivity contribution in [2.75, 3.05) is 7.11 Å². The highest BCUT2D eigenvalue weighted by atomic mass is 35.5. The monoisotopic (exact) mass is 282 g/mol. The number of imidazole rings is 1. The Hall–Kier alpha value is -1.13. The lowest BCUT2D eigenvalue weighted by Gasteiger charge is -2.22. The van der Waals surface area contributed by atoms with Crippen LogP contribution in [0.15, 0.2) is 18.2 Å². The van der Waals surface area contributed by atoms with Gasteiger partial charge in [-0.1, -0.05) is 0 Å². The molecule has 0 amide bonds. The molecule has 19 heavy (non-hydrogen) atoms. The molecule has 2 unspecified atom stereocenters. The van der Waals surface area contributed by atoms with Crippen LogP contribution in [0, 0.1) is 5.82 Å². The number of benzene rings is 1. The zero-order valence-electron chi connectivity index (χ0n) is 10.8. The number of aromatic nitrogens is 2. The average Bonchev–Trinajstić information content (AvgIpc) is 3.00. The predicted molar refractivity (Wildman–Crippen MR) is 72.9 cm³/mol. The molecule has 0 spiro atoms. The number of nitrogens with zero attached hydrogens (tertiary/aromatic N) is 2. The largest absolute Gasteiger partial charge is 0.379 e. The van der Waals surface area contributed by atoms with Crippen molar-refractivity contribution in [1.29, 1.82) is 0 Å². The maximum absolute atomic E-state index is 13.3. The Balaban J connectivity index is 2.15. The van der Waals surface area contributed by atoms with Crippen LogP contribution < -0.4 is 0 Å². The van der Waals surface area contributed by atoms with Gasteiger partial charge in [0.25, 0.3) is 0 Å². The maximum atomic E-state index is 13.3. The Morgan fingerprint density at radius 1 is 1.47 bits per heavy atom. The van der Waals surface area contributed by atoms with E-state index in [1.54, 1.807) is 13.2 Å². The van der Waals surface area contributed by atoms with E-state index in [0.717, 1.165) is 30.6 Å². The molecule has 1 fully saturated rings. The Morgan fingerprint density at radius 3 is 3.05 bits per heavy atom.